The Hall–Kier alpha value is -2.53. The highest BCUT2D eigenvalue weighted by molar-refractivity contribution is 5.88. The molecule has 0 spiro atoms. The summed E-state index contributed by atoms with van der Waals surface area (Å²) in [6.45, 7) is -0.277. The summed E-state index contributed by atoms with van der Waals surface area (Å²) in [5.41, 5.74) is 14.6. The fourth-order valence-corrected chi connectivity index (χ4v) is 0.766. The van der Waals surface area contributed by atoms with Crippen LogP contribution in [0.15, 0.2) is 20.6 Å². The fraction of sp³-hybridized carbons (Fsp3) is 0.600. The summed E-state index contributed by atoms with van der Waals surface area (Å²) >= 11 is 0. The highest BCUT2D eigenvalue weighted by atomic mass is 15.4. The van der Waals surface area contributed by atoms with Gasteiger partial charge in [-0.15, -0.1) is 5.11 Å². The SMILES string of the molecule is N#CC(C(=N)CN=[N+]=[N-])C(N=N)N=NN. The normalized spacial score (nSPS) is 13.5. The van der Waals surface area contributed by atoms with Crippen molar-refractivity contribution in [1.82, 2.24) is 0 Å². The van der Waals surface area contributed by atoms with Crippen LogP contribution in [0.5, 0.6) is 0 Å². The molecule has 0 aliphatic heterocycles. The van der Waals surface area contributed by atoms with E-state index in [2.05, 4.69) is 25.5 Å². The second-order valence-corrected chi connectivity index (χ2v) is 2.29. The van der Waals surface area contributed by atoms with Gasteiger partial charge in [0, 0.05) is 10.6 Å². The third-order valence-corrected chi connectivity index (χ3v) is 1.43. The minimum atomic E-state index is -1.17. The van der Waals surface area contributed by atoms with Crippen LogP contribution in [0, 0.1) is 28.2 Å². The number of azide groups is 1. The molecule has 0 aromatic carbocycles. The zero-order valence-electron chi connectivity index (χ0n) is 7.57. The maximum atomic E-state index is 8.71. The monoisotopic (exact) mass is 208 g/mol. The minimum Gasteiger partial charge on any atom is -0.308 e. The molecule has 0 heterocycles. The Morgan fingerprint density at radius 2 is 2.33 bits per heavy atom. The van der Waals surface area contributed by atoms with Crippen molar-refractivity contribution >= 4 is 5.71 Å². The van der Waals surface area contributed by atoms with E-state index in [9.17, 15) is 0 Å². The van der Waals surface area contributed by atoms with Crippen LogP contribution >= 0.6 is 0 Å². The number of nitrogens with two attached hydrogens (primary N) is 1. The second-order valence-electron chi connectivity index (χ2n) is 2.29. The number of rotatable bonds is 6. The maximum absolute atomic E-state index is 8.71. The predicted octanol–water partition coefficient (Wildman–Crippen LogP) is 1.14. The van der Waals surface area contributed by atoms with Crippen LogP contribution in [0.2, 0.25) is 0 Å². The molecule has 0 fully saturated rings. The quantitative estimate of drug-likeness (QED) is 0.148. The van der Waals surface area contributed by atoms with Crippen LogP contribution in [0.4, 0.5) is 0 Å². The Bertz CT molecular complexity index is 343. The highest BCUT2D eigenvalue weighted by Crippen LogP contribution is 2.10. The number of nitrogens with zero attached hydrogens (tertiary/aromatic N) is 7. The Morgan fingerprint density at radius 3 is 2.73 bits per heavy atom. The Kier molecular flexibility index (Phi) is 5.76. The van der Waals surface area contributed by atoms with Crippen LogP contribution in [0.1, 0.15) is 0 Å². The Morgan fingerprint density at radius 1 is 1.67 bits per heavy atom. The molecule has 78 valence electrons. The molecule has 10 heteroatoms. The van der Waals surface area contributed by atoms with E-state index in [4.69, 9.17) is 27.6 Å². The summed E-state index contributed by atoms with van der Waals surface area (Å²) < 4.78 is 0. The van der Waals surface area contributed by atoms with Crippen molar-refractivity contribution < 1.29 is 0 Å². The fourth-order valence-electron chi connectivity index (χ4n) is 0.766. The minimum absolute atomic E-state index is 0.191. The van der Waals surface area contributed by atoms with Crippen molar-refractivity contribution in [2.45, 2.75) is 6.17 Å². The lowest BCUT2D eigenvalue weighted by molar-refractivity contribution is 0.563. The van der Waals surface area contributed by atoms with E-state index in [-0.39, 0.29) is 12.3 Å². The summed E-state index contributed by atoms with van der Waals surface area (Å²) in [6, 6.07) is 1.72. The van der Waals surface area contributed by atoms with Gasteiger partial charge in [0.2, 0.25) is 6.17 Å². The first kappa shape index (κ1) is 12.5. The molecule has 0 aromatic heterocycles. The third kappa shape index (κ3) is 3.79. The van der Waals surface area contributed by atoms with Gasteiger partial charge in [-0.3, -0.25) is 0 Å². The molecule has 10 nitrogen and oxygen atoms in total. The van der Waals surface area contributed by atoms with Crippen molar-refractivity contribution in [3.8, 4) is 6.07 Å². The zero-order chi connectivity index (χ0) is 11.7. The average molecular weight is 208 g/mol. The smallest absolute Gasteiger partial charge is 0.203 e. The summed E-state index contributed by atoms with van der Waals surface area (Å²) in [5.74, 6) is 3.65. The largest absolute Gasteiger partial charge is 0.308 e. The molecule has 2 atom stereocenters. The topological polar surface area (TPSA) is 183 Å². The van der Waals surface area contributed by atoms with E-state index in [0.29, 0.717) is 0 Å². The second kappa shape index (κ2) is 6.93. The average Bonchev–Trinajstić information content (AvgIpc) is 2.26. The van der Waals surface area contributed by atoms with Gasteiger partial charge in [0.1, 0.15) is 5.92 Å². The molecule has 0 saturated carbocycles. The number of nitrogens with one attached hydrogen (secondary N) is 2. The molecule has 0 radical (unpaired) electrons. The lowest BCUT2D eigenvalue weighted by Gasteiger charge is -2.10. The van der Waals surface area contributed by atoms with E-state index in [1.54, 1.807) is 6.07 Å². The van der Waals surface area contributed by atoms with Crippen molar-refractivity contribution in [2.24, 2.45) is 32.3 Å². The molecular weight excluding hydrogens is 200 g/mol. The molecule has 0 amide bonds. The van der Waals surface area contributed by atoms with Gasteiger partial charge in [-0.25, -0.2) is 5.53 Å². The van der Waals surface area contributed by atoms with Gasteiger partial charge in [0.15, 0.2) is 0 Å². The zero-order valence-corrected chi connectivity index (χ0v) is 7.57. The van der Waals surface area contributed by atoms with Gasteiger partial charge in [-0.05, 0) is 5.53 Å². The molecule has 4 N–H and O–H groups in total. The lowest BCUT2D eigenvalue weighted by atomic mass is 10.0. The van der Waals surface area contributed by atoms with E-state index < -0.39 is 12.1 Å². The first-order valence-electron chi connectivity index (χ1n) is 3.65. The molecule has 0 bridgehead atoms. The molecule has 0 saturated heterocycles. The van der Waals surface area contributed by atoms with E-state index in [1.807, 2.05) is 0 Å². The van der Waals surface area contributed by atoms with Crippen molar-refractivity contribution in [3.63, 3.8) is 0 Å². The first-order valence-corrected chi connectivity index (χ1v) is 3.65. The van der Waals surface area contributed by atoms with Crippen LogP contribution in [0.25, 0.3) is 10.4 Å². The van der Waals surface area contributed by atoms with E-state index >= 15 is 0 Å². The number of hydrogen-bond donors (Lipinski definition) is 3. The molecule has 0 aliphatic carbocycles. The van der Waals surface area contributed by atoms with Crippen molar-refractivity contribution in [2.75, 3.05) is 6.54 Å². The summed E-state index contributed by atoms with van der Waals surface area (Å²) in [6.07, 6.45) is -1.17. The van der Waals surface area contributed by atoms with Gasteiger partial charge in [-0.1, -0.05) is 10.3 Å². The van der Waals surface area contributed by atoms with Gasteiger partial charge in [-0.2, -0.15) is 10.4 Å². The Balaban J connectivity index is 4.73. The van der Waals surface area contributed by atoms with Gasteiger partial charge in [0.05, 0.1) is 12.6 Å². The van der Waals surface area contributed by atoms with Gasteiger partial charge in [0.25, 0.3) is 0 Å². The molecule has 0 rings (SSSR count). The highest BCUT2D eigenvalue weighted by Gasteiger charge is 2.24. The van der Waals surface area contributed by atoms with Crippen LogP contribution in [-0.4, -0.2) is 18.4 Å². The lowest BCUT2D eigenvalue weighted by Crippen LogP contribution is -2.25. The van der Waals surface area contributed by atoms with Crippen LogP contribution < -0.4 is 5.84 Å². The number of nitriles is 1. The molecule has 0 aromatic rings. The standard InChI is InChI=1S/C5H8N10/c6-1-3(4(7)2-11-14-9)5(12-8)13-15-10/h3,5,7-8H,2H2,(H2,10,13). The van der Waals surface area contributed by atoms with E-state index in [0.717, 1.165) is 0 Å². The molecular formula is C5H8N10. The Labute approximate surface area is 84.4 Å². The first-order chi connectivity index (χ1) is 7.21. The maximum Gasteiger partial charge on any atom is 0.203 e. The van der Waals surface area contributed by atoms with Crippen molar-refractivity contribution in [1.29, 1.82) is 16.2 Å². The molecule has 0 aliphatic rings. The van der Waals surface area contributed by atoms with Crippen LogP contribution in [-0.2, 0) is 0 Å². The van der Waals surface area contributed by atoms with Crippen molar-refractivity contribution in [3.05, 3.63) is 10.4 Å². The summed E-state index contributed by atoms with van der Waals surface area (Å²) in [5, 5.41) is 28.4. The summed E-state index contributed by atoms with van der Waals surface area (Å²) in [4.78, 5) is 2.44. The molecule has 2 unspecified atom stereocenters. The van der Waals surface area contributed by atoms with Crippen LogP contribution in [0.3, 0.4) is 0 Å². The third-order valence-electron chi connectivity index (χ3n) is 1.43. The summed E-state index contributed by atoms with van der Waals surface area (Å²) in [7, 11) is 0. The number of hydrogen-bond acceptors (Lipinski definition) is 7. The predicted molar refractivity (Wildman–Crippen MR) is 48.8 cm³/mol. The van der Waals surface area contributed by atoms with Gasteiger partial charge < -0.3 is 11.3 Å². The van der Waals surface area contributed by atoms with E-state index in [1.165, 1.54) is 0 Å². The molecule has 15 heavy (non-hydrogen) atoms. The van der Waals surface area contributed by atoms with Gasteiger partial charge >= 0.3 is 0 Å².